The molecule has 0 aliphatic carbocycles. The highest BCUT2D eigenvalue weighted by Crippen LogP contribution is 2.24. The van der Waals surface area contributed by atoms with Crippen molar-refractivity contribution in [1.29, 1.82) is 5.26 Å². The lowest BCUT2D eigenvalue weighted by Gasteiger charge is -2.36. The van der Waals surface area contributed by atoms with Gasteiger partial charge in [0, 0.05) is 26.2 Å². The summed E-state index contributed by atoms with van der Waals surface area (Å²) in [6, 6.07) is 6.10. The lowest BCUT2D eigenvalue weighted by molar-refractivity contribution is -0.146. The Morgan fingerprint density at radius 3 is 2.35 bits per heavy atom. The lowest BCUT2D eigenvalue weighted by Crippen LogP contribution is -2.49. The Hall–Kier alpha value is -1.81. The van der Waals surface area contributed by atoms with Crippen LogP contribution in [-0.4, -0.2) is 43.8 Å². The van der Waals surface area contributed by atoms with Crippen molar-refractivity contribution in [3.63, 3.8) is 0 Å². The van der Waals surface area contributed by atoms with Gasteiger partial charge in [0.2, 0.25) is 0 Å². The van der Waals surface area contributed by atoms with Crippen LogP contribution in [0.25, 0.3) is 0 Å². The standard InChI is InChI=1S/C13H13F4N3/c14-11-2-1-3-12(10(11)8-18)20-6-4-19(5-7-20)9-13(15,16)17/h1-3H,4-7,9H2. The summed E-state index contributed by atoms with van der Waals surface area (Å²) in [5.74, 6) is -0.609. The molecule has 108 valence electrons. The van der Waals surface area contributed by atoms with E-state index < -0.39 is 18.5 Å². The normalized spacial score (nSPS) is 17.1. The van der Waals surface area contributed by atoms with Gasteiger partial charge in [0.15, 0.2) is 0 Å². The van der Waals surface area contributed by atoms with Gasteiger partial charge in [-0.05, 0) is 12.1 Å². The molecule has 0 N–H and O–H groups in total. The molecular weight excluding hydrogens is 274 g/mol. The van der Waals surface area contributed by atoms with E-state index in [4.69, 9.17) is 5.26 Å². The van der Waals surface area contributed by atoms with Gasteiger partial charge in [-0.3, -0.25) is 4.90 Å². The van der Waals surface area contributed by atoms with E-state index in [0.717, 1.165) is 0 Å². The van der Waals surface area contributed by atoms with Crippen molar-refractivity contribution in [2.24, 2.45) is 0 Å². The summed E-state index contributed by atoms with van der Waals surface area (Å²) in [6.07, 6.45) is -4.21. The number of hydrogen-bond acceptors (Lipinski definition) is 3. The molecule has 1 aliphatic heterocycles. The Labute approximate surface area is 114 Å². The summed E-state index contributed by atoms with van der Waals surface area (Å²) in [7, 11) is 0. The van der Waals surface area contributed by atoms with Crippen molar-refractivity contribution >= 4 is 5.69 Å². The van der Waals surface area contributed by atoms with Crippen LogP contribution in [0.3, 0.4) is 0 Å². The number of alkyl halides is 3. The molecule has 0 aromatic heterocycles. The maximum Gasteiger partial charge on any atom is 0.401 e. The van der Waals surface area contributed by atoms with Gasteiger partial charge in [-0.15, -0.1) is 0 Å². The van der Waals surface area contributed by atoms with E-state index in [2.05, 4.69) is 0 Å². The fraction of sp³-hybridized carbons (Fsp3) is 0.462. The van der Waals surface area contributed by atoms with Crippen LogP contribution in [0.15, 0.2) is 18.2 Å². The molecule has 1 aromatic carbocycles. The van der Waals surface area contributed by atoms with E-state index >= 15 is 0 Å². The first-order valence-corrected chi connectivity index (χ1v) is 6.13. The van der Waals surface area contributed by atoms with Crippen LogP contribution in [0.1, 0.15) is 5.56 Å². The van der Waals surface area contributed by atoms with Crippen molar-refractivity contribution in [2.45, 2.75) is 6.18 Å². The fourth-order valence-electron chi connectivity index (χ4n) is 2.29. The molecule has 1 fully saturated rings. The minimum absolute atomic E-state index is 0.0585. The number of benzene rings is 1. The summed E-state index contributed by atoms with van der Waals surface area (Å²) in [5.41, 5.74) is 0.385. The molecule has 0 amide bonds. The third-order valence-corrected chi connectivity index (χ3v) is 3.22. The second-order valence-electron chi connectivity index (χ2n) is 4.62. The van der Waals surface area contributed by atoms with Gasteiger partial charge in [0.1, 0.15) is 17.4 Å². The molecule has 7 heteroatoms. The number of hydrogen-bond donors (Lipinski definition) is 0. The Morgan fingerprint density at radius 2 is 1.80 bits per heavy atom. The summed E-state index contributed by atoms with van der Waals surface area (Å²) < 4.78 is 50.3. The first kappa shape index (κ1) is 14.6. The molecule has 1 heterocycles. The summed E-state index contributed by atoms with van der Waals surface area (Å²) in [4.78, 5) is 3.05. The zero-order chi connectivity index (χ0) is 14.8. The van der Waals surface area contributed by atoms with Gasteiger partial charge >= 0.3 is 6.18 Å². The van der Waals surface area contributed by atoms with Crippen molar-refractivity contribution in [3.05, 3.63) is 29.6 Å². The number of halogens is 4. The largest absolute Gasteiger partial charge is 0.401 e. The van der Waals surface area contributed by atoms with Gasteiger partial charge < -0.3 is 4.90 Å². The molecule has 1 aliphatic rings. The highest BCUT2D eigenvalue weighted by atomic mass is 19.4. The lowest BCUT2D eigenvalue weighted by atomic mass is 10.1. The molecule has 0 saturated carbocycles. The molecule has 0 bridgehead atoms. The van der Waals surface area contributed by atoms with Crippen LogP contribution in [-0.2, 0) is 0 Å². The van der Waals surface area contributed by atoms with Crippen LogP contribution in [0.4, 0.5) is 23.2 Å². The summed E-state index contributed by atoms with van der Waals surface area (Å²) in [5, 5.41) is 8.96. The van der Waals surface area contributed by atoms with Crippen LogP contribution in [0.5, 0.6) is 0 Å². The minimum Gasteiger partial charge on any atom is -0.368 e. The van der Waals surface area contributed by atoms with Crippen LogP contribution < -0.4 is 4.90 Å². The summed E-state index contributed by atoms with van der Waals surface area (Å²) in [6.45, 7) is 0.222. The van der Waals surface area contributed by atoms with Crippen molar-refractivity contribution in [2.75, 3.05) is 37.6 Å². The van der Waals surface area contributed by atoms with Crippen molar-refractivity contribution in [3.8, 4) is 6.07 Å². The maximum absolute atomic E-state index is 13.5. The smallest absolute Gasteiger partial charge is 0.368 e. The second-order valence-corrected chi connectivity index (χ2v) is 4.62. The molecule has 1 aromatic rings. The number of nitrogens with zero attached hydrogens (tertiary/aromatic N) is 3. The predicted octanol–water partition coefficient (Wildman–Crippen LogP) is 2.38. The Kier molecular flexibility index (Phi) is 4.14. The average molecular weight is 287 g/mol. The van der Waals surface area contributed by atoms with Crippen molar-refractivity contribution < 1.29 is 17.6 Å². The van der Waals surface area contributed by atoms with E-state index in [1.807, 2.05) is 0 Å². The van der Waals surface area contributed by atoms with Crippen molar-refractivity contribution in [1.82, 2.24) is 4.90 Å². The molecule has 0 radical (unpaired) electrons. The zero-order valence-electron chi connectivity index (χ0n) is 10.6. The second kappa shape index (κ2) is 5.67. The monoisotopic (exact) mass is 287 g/mol. The molecule has 2 rings (SSSR count). The van der Waals surface area contributed by atoms with Gasteiger partial charge in [-0.25, -0.2) is 4.39 Å². The maximum atomic E-state index is 13.5. The number of rotatable bonds is 2. The first-order valence-electron chi connectivity index (χ1n) is 6.13. The minimum atomic E-state index is -4.21. The SMILES string of the molecule is N#Cc1c(F)cccc1N1CCN(CC(F)(F)F)CC1. The van der Waals surface area contributed by atoms with E-state index in [1.54, 1.807) is 17.0 Å². The van der Waals surface area contributed by atoms with E-state index in [0.29, 0.717) is 18.8 Å². The fourth-order valence-corrected chi connectivity index (χ4v) is 2.29. The van der Waals surface area contributed by atoms with Gasteiger partial charge in [0.25, 0.3) is 0 Å². The Morgan fingerprint density at radius 1 is 1.15 bits per heavy atom. The van der Waals surface area contributed by atoms with E-state index in [9.17, 15) is 17.6 Å². The summed E-state index contributed by atoms with van der Waals surface area (Å²) >= 11 is 0. The first-order chi connectivity index (χ1) is 9.40. The quantitative estimate of drug-likeness (QED) is 0.782. The molecule has 3 nitrogen and oxygen atoms in total. The number of anilines is 1. The van der Waals surface area contributed by atoms with E-state index in [-0.39, 0.29) is 18.7 Å². The van der Waals surface area contributed by atoms with Gasteiger partial charge in [0.05, 0.1) is 12.2 Å². The Bertz CT molecular complexity index is 513. The average Bonchev–Trinajstić information content (AvgIpc) is 2.37. The highest BCUT2D eigenvalue weighted by Gasteiger charge is 2.32. The van der Waals surface area contributed by atoms with Gasteiger partial charge in [-0.2, -0.15) is 18.4 Å². The molecule has 20 heavy (non-hydrogen) atoms. The number of nitriles is 1. The predicted molar refractivity (Wildman–Crippen MR) is 65.8 cm³/mol. The Balaban J connectivity index is 2.05. The third kappa shape index (κ3) is 3.39. The highest BCUT2D eigenvalue weighted by molar-refractivity contribution is 5.60. The third-order valence-electron chi connectivity index (χ3n) is 3.22. The molecule has 0 atom stereocenters. The molecular formula is C13H13F4N3. The molecule has 1 saturated heterocycles. The van der Waals surface area contributed by atoms with Crippen LogP contribution in [0, 0.1) is 17.1 Å². The molecule has 0 spiro atoms. The van der Waals surface area contributed by atoms with Crippen LogP contribution in [0.2, 0.25) is 0 Å². The number of piperazine rings is 1. The van der Waals surface area contributed by atoms with Gasteiger partial charge in [-0.1, -0.05) is 6.07 Å². The van der Waals surface area contributed by atoms with Crippen LogP contribution >= 0.6 is 0 Å². The molecule has 0 unspecified atom stereocenters. The zero-order valence-corrected chi connectivity index (χ0v) is 10.6. The van der Waals surface area contributed by atoms with E-state index in [1.165, 1.54) is 17.0 Å². The topological polar surface area (TPSA) is 30.3 Å².